The van der Waals surface area contributed by atoms with Gasteiger partial charge in [-0.3, -0.25) is 0 Å². The van der Waals surface area contributed by atoms with Gasteiger partial charge in [-0.2, -0.15) is 0 Å². The quantitative estimate of drug-likeness (QED) is 0.601. The molecule has 0 bridgehead atoms. The largest absolute Gasteiger partial charge is 0.497 e. The van der Waals surface area contributed by atoms with E-state index >= 15 is 0 Å². The molecule has 4 nitrogen and oxygen atoms in total. The van der Waals surface area contributed by atoms with Gasteiger partial charge in [-0.15, -0.1) is 12.4 Å². The van der Waals surface area contributed by atoms with E-state index in [2.05, 4.69) is 10.6 Å². The summed E-state index contributed by atoms with van der Waals surface area (Å²) in [5.41, 5.74) is 1.94. The van der Waals surface area contributed by atoms with Crippen LogP contribution in [0.2, 0.25) is 0 Å². The molecular weight excluding hydrogens is 403 g/mol. The highest BCUT2D eigenvalue weighted by molar-refractivity contribution is 5.85. The van der Waals surface area contributed by atoms with Crippen LogP contribution < -0.4 is 20.1 Å². The van der Waals surface area contributed by atoms with Crippen LogP contribution in [0.4, 0.5) is 4.39 Å². The van der Waals surface area contributed by atoms with Crippen molar-refractivity contribution in [3.63, 3.8) is 0 Å². The third-order valence-corrected chi connectivity index (χ3v) is 6.12. The Morgan fingerprint density at radius 2 is 1.93 bits per heavy atom. The Kier molecular flexibility index (Phi) is 8.37. The van der Waals surface area contributed by atoms with Crippen LogP contribution in [0, 0.1) is 11.7 Å². The van der Waals surface area contributed by atoms with Crippen LogP contribution in [0.3, 0.4) is 0 Å². The summed E-state index contributed by atoms with van der Waals surface area (Å²) in [6.07, 6.45) is 4.84. The predicted octanol–water partition coefficient (Wildman–Crippen LogP) is 4.67. The summed E-state index contributed by atoms with van der Waals surface area (Å²) in [5, 5.41) is 7.09. The predicted molar refractivity (Wildman–Crippen MR) is 120 cm³/mol. The third-order valence-electron chi connectivity index (χ3n) is 6.12. The van der Waals surface area contributed by atoms with E-state index in [-0.39, 0.29) is 18.2 Å². The molecule has 0 aromatic heterocycles. The summed E-state index contributed by atoms with van der Waals surface area (Å²) in [6, 6.07) is 13.4. The Morgan fingerprint density at radius 1 is 1.13 bits per heavy atom. The Bertz CT molecular complexity index is 814. The number of rotatable bonds is 9. The number of hydrogen-bond donors (Lipinski definition) is 2. The lowest BCUT2D eigenvalue weighted by Crippen LogP contribution is -2.30. The molecule has 1 aliphatic heterocycles. The van der Waals surface area contributed by atoms with Gasteiger partial charge in [0.2, 0.25) is 0 Å². The molecule has 164 valence electrons. The number of benzene rings is 2. The van der Waals surface area contributed by atoms with E-state index in [1.54, 1.807) is 13.2 Å². The zero-order valence-corrected chi connectivity index (χ0v) is 18.3. The Balaban J connectivity index is 0.00000256. The fourth-order valence-corrected chi connectivity index (χ4v) is 4.30. The molecule has 1 saturated carbocycles. The zero-order valence-electron chi connectivity index (χ0n) is 17.5. The molecule has 0 radical (unpaired) electrons. The molecule has 0 amide bonds. The van der Waals surface area contributed by atoms with Crippen LogP contribution in [0.5, 0.6) is 11.5 Å². The van der Waals surface area contributed by atoms with Gasteiger partial charge in [0.15, 0.2) is 11.6 Å². The van der Waals surface area contributed by atoms with Crippen molar-refractivity contribution in [1.82, 2.24) is 10.6 Å². The average Bonchev–Trinajstić information content (AvgIpc) is 3.53. The van der Waals surface area contributed by atoms with E-state index in [9.17, 15) is 4.39 Å². The molecule has 1 saturated heterocycles. The van der Waals surface area contributed by atoms with Crippen LogP contribution in [-0.4, -0.2) is 32.8 Å². The number of hydrogen-bond acceptors (Lipinski definition) is 4. The maximum absolute atomic E-state index is 14.5. The van der Waals surface area contributed by atoms with Crippen LogP contribution in [0.15, 0.2) is 42.5 Å². The zero-order chi connectivity index (χ0) is 20.1. The minimum atomic E-state index is -0.286. The maximum atomic E-state index is 14.5. The molecule has 0 spiro atoms. The Hall–Kier alpha value is -1.82. The molecule has 2 aromatic carbocycles. The number of methoxy groups -OCH3 is 1. The van der Waals surface area contributed by atoms with E-state index in [0.29, 0.717) is 24.3 Å². The summed E-state index contributed by atoms with van der Waals surface area (Å²) in [4.78, 5) is 0. The van der Waals surface area contributed by atoms with Crippen LogP contribution in [-0.2, 0) is 6.61 Å². The first-order chi connectivity index (χ1) is 14.2. The van der Waals surface area contributed by atoms with Gasteiger partial charge in [0.05, 0.1) is 7.11 Å². The summed E-state index contributed by atoms with van der Waals surface area (Å²) in [5.74, 6) is 2.05. The highest BCUT2D eigenvalue weighted by Gasteiger charge is 2.40. The van der Waals surface area contributed by atoms with Gasteiger partial charge in [-0.05, 0) is 75.0 Å². The minimum Gasteiger partial charge on any atom is -0.497 e. The van der Waals surface area contributed by atoms with Gasteiger partial charge in [0.1, 0.15) is 12.4 Å². The van der Waals surface area contributed by atoms with Gasteiger partial charge in [0, 0.05) is 17.5 Å². The fraction of sp³-hybridized carbons (Fsp3) is 0.500. The van der Waals surface area contributed by atoms with Crippen molar-refractivity contribution < 1.29 is 13.9 Å². The fourth-order valence-electron chi connectivity index (χ4n) is 4.30. The first-order valence-electron chi connectivity index (χ1n) is 10.7. The Morgan fingerprint density at radius 3 is 2.73 bits per heavy atom. The van der Waals surface area contributed by atoms with E-state index in [1.165, 1.54) is 25.3 Å². The second kappa shape index (κ2) is 11.0. The van der Waals surface area contributed by atoms with Crippen molar-refractivity contribution in [2.75, 3.05) is 26.7 Å². The summed E-state index contributed by atoms with van der Waals surface area (Å²) in [6.45, 7) is 3.66. The standard InChI is InChI=1S/C24H31FN2O2.ClH/c1-28-19-5-2-4-18(14-19)16-29-24-20(6-3-7-22(24)25)21-15-23(21)27-13-10-17-8-11-26-12-9-17;/h2-7,14,17,21,23,26-27H,8-13,15-16H2,1H3;1H/t21-,23+;/m0./s1. The smallest absolute Gasteiger partial charge is 0.165 e. The second-order valence-corrected chi connectivity index (χ2v) is 8.18. The summed E-state index contributed by atoms with van der Waals surface area (Å²) in [7, 11) is 1.64. The average molecular weight is 435 g/mol. The van der Waals surface area contributed by atoms with Gasteiger partial charge in [0.25, 0.3) is 0 Å². The maximum Gasteiger partial charge on any atom is 0.165 e. The van der Waals surface area contributed by atoms with Crippen molar-refractivity contribution in [3.8, 4) is 11.5 Å². The first kappa shape index (κ1) is 22.9. The molecule has 1 aliphatic carbocycles. The number of nitrogens with one attached hydrogen (secondary N) is 2. The van der Waals surface area contributed by atoms with E-state index < -0.39 is 0 Å². The number of ether oxygens (including phenoxy) is 2. The molecular formula is C24H32ClFN2O2. The summed E-state index contributed by atoms with van der Waals surface area (Å²) < 4.78 is 25.7. The lowest BCUT2D eigenvalue weighted by atomic mass is 9.95. The molecule has 2 aliphatic rings. The Labute approximate surface area is 185 Å². The molecule has 2 aromatic rings. The van der Waals surface area contributed by atoms with Crippen molar-refractivity contribution in [3.05, 3.63) is 59.4 Å². The van der Waals surface area contributed by atoms with Crippen molar-refractivity contribution in [2.24, 2.45) is 5.92 Å². The SMILES string of the molecule is COc1cccc(COc2c(F)cccc2[C@@H]2C[C@H]2NCCC2CCNCC2)c1.Cl. The molecule has 4 rings (SSSR count). The number of halogens is 2. The van der Waals surface area contributed by atoms with Gasteiger partial charge in [-0.25, -0.2) is 4.39 Å². The molecule has 1 heterocycles. The molecule has 2 N–H and O–H groups in total. The number of para-hydroxylation sites is 1. The third kappa shape index (κ3) is 5.87. The second-order valence-electron chi connectivity index (χ2n) is 8.18. The summed E-state index contributed by atoms with van der Waals surface area (Å²) >= 11 is 0. The topological polar surface area (TPSA) is 42.5 Å². The van der Waals surface area contributed by atoms with E-state index in [0.717, 1.165) is 48.8 Å². The highest BCUT2D eigenvalue weighted by atomic mass is 35.5. The van der Waals surface area contributed by atoms with Crippen molar-refractivity contribution in [1.29, 1.82) is 0 Å². The molecule has 2 fully saturated rings. The van der Waals surface area contributed by atoms with Crippen LogP contribution >= 0.6 is 12.4 Å². The number of piperidine rings is 1. The lowest BCUT2D eigenvalue weighted by Gasteiger charge is -2.22. The highest BCUT2D eigenvalue weighted by Crippen LogP contribution is 2.45. The van der Waals surface area contributed by atoms with Crippen LogP contribution in [0.25, 0.3) is 0 Å². The molecule has 2 atom stereocenters. The van der Waals surface area contributed by atoms with Crippen molar-refractivity contribution in [2.45, 2.75) is 44.2 Å². The van der Waals surface area contributed by atoms with Crippen molar-refractivity contribution >= 4 is 12.4 Å². The van der Waals surface area contributed by atoms with Gasteiger partial charge >= 0.3 is 0 Å². The lowest BCUT2D eigenvalue weighted by molar-refractivity contribution is 0.286. The normalized spacial score (nSPS) is 21.0. The molecule has 6 heteroatoms. The van der Waals surface area contributed by atoms with Gasteiger partial charge in [-0.1, -0.05) is 24.3 Å². The van der Waals surface area contributed by atoms with E-state index in [1.807, 2.05) is 30.3 Å². The van der Waals surface area contributed by atoms with E-state index in [4.69, 9.17) is 9.47 Å². The first-order valence-corrected chi connectivity index (χ1v) is 10.7. The van der Waals surface area contributed by atoms with Crippen LogP contribution in [0.1, 0.15) is 42.7 Å². The molecule has 30 heavy (non-hydrogen) atoms. The monoisotopic (exact) mass is 434 g/mol. The van der Waals surface area contributed by atoms with Gasteiger partial charge < -0.3 is 20.1 Å². The molecule has 0 unspecified atom stereocenters. The minimum absolute atomic E-state index is 0.